The average Bonchev–Trinajstić information content (AvgIpc) is 2.67. The first-order valence-electron chi connectivity index (χ1n) is 8.17. The van der Waals surface area contributed by atoms with Crippen LogP contribution in [0.1, 0.15) is 15.9 Å². The number of carbonyl (C=O) groups is 1. The van der Waals surface area contributed by atoms with E-state index in [1.54, 1.807) is 12.1 Å². The van der Waals surface area contributed by atoms with E-state index < -0.39 is 21.8 Å². The van der Waals surface area contributed by atoms with Gasteiger partial charge in [-0.2, -0.15) is 4.31 Å². The Morgan fingerprint density at radius 3 is 2.63 bits per heavy atom. The summed E-state index contributed by atoms with van der Waals surface area (Å²) in [6.45, 7) is 1.09. The summed E-state index contributed by atoms with van der Waals surface area (Å²) in [5.74, 6) is -1.64. The number of halogens is 2. The molecule has 6 nitrogen and oxygen atoms in total. The number of ether oxygens (including phenoxy) is 2. The van der Waals surface area contributed by atoms with Gasteiger partial charge in [-0.15, -0.1) is 0 Å². The zero-order valence-electron chi connectivity index (χ0n) is 14.2. The maximum absolute atomic E-state index is 13.8. The number of benzene rings is 2. The number of morpholine rings is 1. The van der Waals surface area contributed by atoms with Crippen molar-refractivity contribution in [1.29, 1.82) is 0 Å². The van der Waals surface area contributed by atoms with Gasteiger partial charge in [0.1, 0.15) is 12.4 Å². The quantitative estimate of drug-likeness (QED) is 0.705. The van der Waals surface area contributed by atoms with Crippen LogP contribution in [0.5, 0.6) is 0 Å². The molecular formula is C18H17ClFNO5S. The van der Waals surface area contributed by atoms with Gasteiger partial charge in [0.25, 0.3) is 0 Å². The molecule has 0 unspecified atom stereocenters. The maximum atomic E-state index is 13.8. The highest BCUT2D eigenvalue weighted by Crippen LogP contribution is 2.20. The van der Waals surface area contributed by atoms with E-state index in [1.807, 2.05) is 0 Å². The largest absolute Gasteiger partial charge is 0.457 e. The van der Waals surface area contributed by atoms with E-state index in [0.29, 0.717) is 18.8 Å². The Morgan fingerprint density at radius 1 is 1.19 bits per heavy atom. The van der Waals surface area contributed by atoms with Crippen molar-refractivity contribution in [2.75, 3.05) is 26.3 Å². The summed E-state index contributed by atoms with van der Waals surface area (Å²) in [6.07, 6.45) is 0. The number of nitrogens with zero attached hydrogens (tertiary/aromatic N) is 1. The number of hydrogen-bond donors (Lipinski definition) is 0. The van der Waals surface area contributed by atoms with Gasteiger partial charge < -0.3 is 9.47 Å². The Labute approximate surface area is 161 Å². The number of sulfonamides is 1. The maximum Gasteiger partial charge on any atom is 0.341 e. The topological polar surface area (TPSA) is 72.9 Å². The first-order valence-corrected chi connectivity index (χ1v) is 9.99. The molecule has 2 aromatic carbocycles. The Bertz CT molecular complexity index is 945. The molecule has 1 aliphatic heterocycles. The van der Waals surface area contributed by atoms with Crippen LogP contribution in [-0.2, 0) is 26.1 Å². The van der Waals surface area contributed by atoms with Gasteiger partial charge in [-0.3, -0.25) is 0 Å². The van der Waals surface area contributed by atoms with Gasteiger partial charge in [0.05, 0.1) is 23.7 Å². The minimum atomic E-state index is -3.65. The molecule has 0 amide bonds. The lowest BCUT2D eigenvalue weighted by molar-refractivity contribution is 0.0467. The molecule has 0 saturated carbocycles. The number of carbonyl (C=O) groups excluding carboxylic acids is 1. The second-order valence-corrected chi connectivity index (χ2v) is 8.24. The van der Waals surface area contributed by atoms with E-state index >= 15 is 0 Å². The molecule has 3 rings (SSSR count). The van der Waals surface area contributed by atoms with Crippen LogP contribution in [0.4, 0.5) is 4.39 Å². The molecule has 0 N–H and O–H groups in total. The van der Waals surface area contributed by atoms with Gasteiger partial charge in [0.15, 0.2) is 0 Å². The van der Waals surface area contributed by atoms with Crippen molar-refractivity contribution in [3.8, 4) is 0 Å². The van der Waals surface area contributed by atoms with E-state index in [4.69, 9.17) is 21.1 Å². The lowest BCUT2D eigenvalue weighted by atomic mass is 10.2. The monoisotopic (exact) mass is 413 g/mol. The van der Waals surface area contributed by atoms with Crippen LogP contribution in [0.15, 0.2) is 47.4 Å². The van der Waals surface area contributed by atoms with Crippen molar-refractivity contribution in [3.05, 3.63) is 64.4 Å². The van der Waals surface area contributed by atoms with Crippen LogP contribution in [0.25, 0.3) is 0 Å². The molecule has 27 heavy (non-hydrogen) atoms. The van der Waals surface area contributed by atoms with Crippen molar-refractivity contribution in [3.63, 3.8) is 0 Å². The first-order chi connectivity index (χ1) is 12.9. The van der Waals surface area contributed by atoms with Gasteiger partial charge in [-0.05, 0) is 35.9 Å². The SMILES string of the molecule is O=C(OCc1cccc(S(=O)(=O)N2CCOCC2)c1)c1ccc(Cl)cc1F. The molecule has 1 aliphatic rings. The summed E-state index contributed by atoms with van der Waals surface area (Å²) in [7, 11) is -3.65. The zero-order chi connectivity index (χ0) is 19.4. The molecule has 9 heteroatoms. The Balaban J connectivity index is 1.71. The molecule has 144 valence electrons. The molecule has 1 fully saturated rings. The molecule has 2 aromatic rings. The van der Waals surface area contributed by atoms with E-state index in [1.165, 1.54) is 28.6 Å². The fourth-order valence-electron chi connectivity index (χ4n) is 2.61. The van der Waals surface area contributed by atoms with Crippen molar-refractivity contribution < 1.29 is 27.1 Å². The standard InChI is InChI=1S/C18H17ClFNO5S/c19-14-4-5-16(17(20)11-14)18(22)26-12-13-2-1-3-15(10-13)27(23,24)21-6-8-25-9-7-21/h1-5,10-11H,6-9,12H2. The lowest BCUT2D eigenvalue weighted by Gasteiger charge is -2.26. The molecule has 1 heterocycles. The predicted octanol–water partition coefficient (Wildman–Crippen LogP) is 2.86. The summed E-state index contributed by atoms with van der Waals surface area (Å²) >= 11 is 5.66. The fourth-order valence-corrected chi connectivity index (χ4v) is 4.25. The van der Waals surface area contributed by atoms with Crippen LogP contribution in [0, 0.1) is 5.82 Å². The third-order valence-electron chi connectivity index (χ3n) is 4.03. The third kappa shape index (κ3) is 4.65. The van der Waals surface area contributed by atoms with Gasteiger partial charge in [-0.25, -0.2) is 17.6 Å². The van der Waals surface area contributed by atoms with Crippen molar-refractivity contribution in [2.45, 2.75) is 11.5 Å². The fraction of sp³-hybridized carbons (Fsp3) is 0.278. The van der Waals surface area contributed by atoms with Crippen LogP contribution < -0.4 is 0 Å². The van der Waals surface area contributed by atoms with E-state index in [2.05, 4.69) is 0 Å². The summed E-state index contributed by atoms with van der Waals surface area (Å²) in [5, 5.41) is 0.171. The molecule has 1 saturated heterocycles. The molecule has 0 atom stereocenters. The summed E-state index contributed by atoms with van der Waals surface area (Å²) in [5.41, 5.74) is 0.239. The molecular weight excluding hydrogens is 397 g/mol. The van der Waals surface area contributed by atoms with Crippen molar-refractivity contribution >= 4 is 27.6 Å². The molecule has 0 aromatic heterocycles. The van der Waals surface area contributed by atoms with E-state index in [-0.39, 0.29) is 35.2 Å². The first kappa shape index (κ1) is 19.8. The van der Waals surface area contributed by atoms with Gasteiger partial charge >= 0.3 is 5.97 Å². The Morgan fingerprint density at radius 2 is 1.93 bits per heavy atom. The normalized spacial score (nSPS) is 15.5. The summed E-state index contributed by atoms with van der Waals surface area (Å²) in [6, 6.07) is 9.76. The highest BCUT2D eigenvalue weighted by Gasteiger charge is 2.26. The Hall–Kier alpha value is -2.00. The minimum absolute atomic E-state index is 0.107. The summed E-state index contributed by atoms with van der Waals surface area (Å²) < 4.78 is 50.8. The van der Waals surface area contributed by atoms with Crippen LogP contribution in [-0.4, -0.2) is 45.0 Å². The van der Waals surface area contributed by atoms with Crippen molar-refractivity contribution in [1.82, 2.24) is 4.31 Å². The van der Waals surface area contributed by atoms with Gasteiger partial charge in [0, 0.05) is 18.1 Å². The van der Waals surface area contributed by atoms with Crippen LogP contribution in [0.2, 0.25) is 5.02 Å². The predicted molar refractivity (Wildman–Crippen MR) is 96.5 cm³/mol. The van der Waals surface area contributed by atoms with Crippen LogP contribution in [0.3, 0.4) is 0 Å². The lowest BCUT2D eigenvalue weighted by Crippen LogP contribution is -2.40. The second kappa shape index (κ2) is 8.35. The molecule has 0 aliphatic carbocycles. The smallest absolute Gasteiger partial charge is 0.341 e. The third-order valence-corrected chi connectivity index (χ3v) is 6.16. The minimum Gasteiger partial charge on any atom is -0.457 e. The van der Waals surface area contributed by atoms with E-state index in [9.17, 15) is 17.6 Å². The van der Waals surface area contributed by atoms with Crippen molar-refractivity contribution in [2.24, 2.45) is 0 Å². The Kier molecular flexibility index (Phi) is 6.11. The molecule has 0 spiro atoms. The number of rotatable bonds is 5. The molecule has 0 radical (unpaired) electrons. The van der Waals surface area contributed by atoms with Gasteiger partial charge in [0.2, 0.25) is 10.0 Å². The van der Waals surface area contributed by atoms with E-state index in [0.717, 1.165) is 6.07 Å². The van der Waals surface area contributed by atoms with Gasteiger partial charge in [-0.1, -0.05) is 23.7 Å². The number of esters is 1. The summed E-state index contributed by atoms with van der Waals surface area (Å²) in [4.78, 5) is 12.1. The molecule has 0 bridgehead atoms. The zero-order valence-corrected chi connectivity index (χ0v) is 15.8. The second-order valence-electron chi connectivity index (χ2n) is 5.86. The van der Waals surface area contributed by atoms with Crippen LogP contribution >= 0.6 is 11.6 Å². The average molecular weight is 414 g/mol. The highest BCUT2D eigenvalue weighted by atomic mass is 35.5. The highest BCUT2D eigenvalue weighted by molar-refractivity contribution is 7.89. The number of hydrogen-bond acceptors (Lipinski definition) is 5.